The number of methoxy groups -OCH3 is 1. The van der Waals surface area contributed by atoms with Gasteiger partial charge in [-0.3, -0.25) is 0 Å². The van der Waals surface area contributed by atoms with E-state index in [1.54, 1.807) is 19.2 Å². The van der Waals surface area contributed by atoms with E-state index in [0.29, 0.717) is 25.1 Å². The maximum Gasteiger partial charge on any atom is 0.419 e. The van der Waals surface area contributed by atoms with E-state index in [9.17, 15) is 21.6 Å². The van der Waals surface area contributed by atoms with E-state index >= 15 is 0 Å². The molecule has 35 heavy (non-hydrogen) atoms. The molecule has 0 radical (unpaired) electrons. The summed E-state index contributed by atoms with van der Waals surface area (Å²) in [4.78, 5) is 10.9. The van der Waals surface area contributed by atoms with E-state index < -0.39 is 31.7 Å². The second-order valence-electron chi connectivity index (χ2n) is 8.59. The minimum Gasteiger partial charge on any atom is -0.497 e. The third kappa shape index (κ3) is 7.39. The number of benzene rings is 2. The van der Waals surface area contributed by atoms with Gasteiger partial charge in [-0.2, -0.15) is 13.1 Å². The van der Waals surface area contributed by atoms with Crippen LogP contribution in [-0.2, 0) is 32.2 Å². The molecule has 1 amide bonds. The Balaban J connectivity index is 1.69. The molecule has 0 spiro atoms. The summed E-state index contributed by atoms with van der Waals surface area (Å²) in [5.74, 6) is 0.650. The zero-order chi connectivity index (χ0) is 25.7. The minimum atomic E-state index is -4.21. The van der Waals surface area contributed by atoms with Crippen LogP contribution in [0.3, 0.4) is 0 Å². The Morgan fingerprint density at radius 1 is 1.11 bits per heavy atom. The van der Waals surface area contributed by atoms with Crippen molar-refractivity contribution in [3.8, 4) is 5.75 Å². The minimum absolute atomic E-state index is 0.0323. The molecule has 1 fully saturated rings. The molecule has 11 nitrogen and oxygen atoms in total. The Hall–Kier alpha value is -2.71. The van der Waals surface area contributed by atoms with Gasteiger partial charge in [-0.15, -0.1) is 0 Å². The molecular formula is C22H30N4O7S2. The van der Waals surface area contributed by atoms with Crippen LogP contribution in [0.1, 0.15) is 36.8 Å². The van der Waals surface area contributed by atoms with Crippen LogP contribution in [0.5, 0.6) is 5.75 Å². The summed E-state index contributed by atoms with van der Waals surface area (Å²) >= 11 is 0. The molecule has 13 heteroatoms. The SMILES string of the molecule is COc1cccc([C@]2(CNS(=O)(=O)NC(=O)O)CC[C@@H](NCc3ccc(S(N)(=O)=O)cc3)CC2)c1. The van der Waals surface area contributed by atoms with Crippen molar-refractivity contribution in [1.29, 1.82) is 0 Å². The van der Waals surface area contributed by atoms with Crippen LogP contribution in [0.2, 0.25) is 0 Å². The average molecular weight is 527 g/mol. The number of nitrogens with one attached hydrogen (secondary N) is 3. The Bertz CT molecular complexity index is 1240. The van der Waals surface area contributed by atoms with Crippen molar-refractivity contribution in [3.05, 3.63) is 59.7 Å². The zero-order valence-electron chi connectivity index (χ0n) is 19.2. The second-order valence-corrected chi connectivity index (χ2v) is 11.6. The molecule has 192 valence electrons. The van der Waals surface area contributed by atoms with Crippen molar-refractivity contribution in [2.75, 3.05) is 13.7 Å². The van der Waals surface area contributed by atoms with E-state index in [-0.39, 0.29) is 17.5 Å². The lowest BCUT2D eigenvalue weighted by Crippen LogP contribution is -2.49. The fourth-order valence-corrected chi connectivity index (χ4v) is 5.62. The van der Waals surface area contributed by atoms with Crippen LogP contribution in [0.25, 0.3) is 0 Å². The van der Waals surface area contributed by atoms with Crippen molar-refractivity contribution < 1.29 is 31.5 Å². The number of carboxylic acid groups (broad SMARTS) is 1. The third-order valence-electron chi connectivity index (χ3n) is 6.29. The van der Waals surface area contributed by atoms with Gasteiger partial charge in [-0.25, -0.2) is 23.1 Å². The van der Waals surface area contributed by atoms with Gasteiger partial charge in [0.25, 0.3) is 0 Å². The average Bonchev–Trinajstić information content (AvgIpc) is 2.81. The van der Waals surface area contributed by atoms with Gasteiger partial charge in [0.15, 0.2) is 0 Å². The molecule has 1 aliphatic carbocycles. The fourth-order valence-electron chi connectivity index (χ4n) is 4.34. The molecule has 0 heterocycles. The number of sulfonamides is 1. The highest BCUT2D eigenvalue weighted by molar-refractivity contribution is 7.89. The Morgan fingerprint density at radius 3 is 2.34 bits per heavy atom. The lowest BCUT2D eigenvalue weighted by molar-refractivity contribution is 0.200. The lowest BCUT2D eigenvalue weighted by atomic mass is 9.68. The summed E-state index contributed by atoms with van der Waals surface area (Å²) in [6.45, 7) is 0.571. The standard InChI is InChI=1S/C22H30N4O7S2/c1-33-19-4-2-3-17(13-19)22(15-25-35(31,32)26-21(27)28)11-9-18(10-12-22)24-14-16-5-7-20(8-6-16)34(23,29)30/h2-8,13,18,24-26H,9-12,14-15H2,1H3,(H,27,28)(H2,23,29,30)/t18-,22-. The van der Waals surface area contributed by atoms with Gasteiger partial charge in [-0.1, -0.05) is 24.3 Å². The smallest absolute Gasteiger partial charge is 0.419 e. The molecule has 1 aliphatic rings. The quantitative estimate of drug-likeness (QED) is 0.308. The Kier molecular flexibility index (Phi) is 8.38. The van der Waals surface area contributed by atoms with Gasteiger partial charge in [0.1, 0.15) is 5.75 Å². The van der Waals surface area contributed by atoms with E-state index in [4.69, 9.17) is 15.0 Å². The molecule has 0 bridgehead atoms. The van der Waals surface area contributed by atoms with Crippen LogP contribution in [0.15, 0.2) is 53.4 Å². The molecule has 3 rings (SSSR count). The number of hydrogen-bond acceptors (Lipinski definition) is 7. The van der Waals surface area contributed by atoms with Gasteiger partial charge < -0.3 is 15.2 Å². The van der Waals surface area contributed by atoms with Crippen molar-refractivity contribution in [2.45, 2.75) is 48.6 Å². The number of rotatable bonds is 10. The maximum absolute atomic E-state index is 12.1. The molecule has 1 saturated carbocycles. The normalized spacial score (nSPS) is 20.8. The van der Waals surface area contributed by atoms with Gasteiger partial charge in [-0.05, 0) is 61.1 Å². The number of nitrogens with two attached hydrogens (primary N) is 1. The molecule has 2 aromatic carbocycles. The number of carbonyl (C=O) groups is 1. The highest BCUT2D eigenvalue weighted by atomic mass is 32.2. The van der Waals surface area contributed by atoms with Gasteiger partial charge in [0.2, 0.25) is 10.0 Å². The number of amides is 1. The molecule has 0 aromatic heterocycles. The lowest BCUT2D eigenvalue weighted by Gasteiger charge is -2.41. The summed E-state index contributed by atoms with van der Waals surface area (Å²) in [7, 11) is -6.39. The van der Waals surface area contributed by atoms with Crippen LogP contribution < -0.4 is 24.6 Å². The molecule has 6 N–H and O–H groups in total. The monoisotopic (exact) mass is 526 g/mol. The summed E-state index contributed by atoms with van der Waals surface area (Å²) in [5.41, 5.74) is 1.28. The Morgan fingerprint density at radius 2 is 1.77 bits per heavy atom. The van der Waals surface area contributed by atoms with E-state index in [1.807, 2.05) is 24.3 Å². The Labute approximate surface area is 205 Å². The van der Waals surface area contributed by atoms with Gasteiger partial charge >= 0.3 is 16.3 Å². The largest absolute Gasteiger partial charge is 0.497 e. The highest BCUT2D eigenvalue weighted by Crippen LogP contribution is 2.40. The van der Waals surface area contributed by atoms with Crippen molar-refractivity contribution in [1.82, 2.24) is 14.8 Å². The molecular weight excluding hydrogens is 496 g/mol. The predicted octanol–water partition coefficient (Wildman–Crippen LogP) is 1.41. The van der Waals surface area contributed by atoms with Crippen LogP contribution in [-0.4, -0.2) is 47.7 Å². The van der Waals surface area contributed by atoms with Crippen LogP contribution in [0.4, 0.5) is 4.79 Å². The summed E-state index contributed by atoms with van der Waals surface area (Å²) in [5, 5.41) is 17.4. The fraction of sp³-hybridized carbons (Fsp3) is 0.409. The number of primary sulfonamides is 1. The third-order valence-corrected chi connectivity index (χ3v) is 8.19. The van der Waals surface area contributed by atoms with Crippen LogP contribution in [0, 0.1) is 0 Å². The van der Waals surface area contributed by atoms with E-state index in [2.05, 4.69) is 10.0 Å². The molecule has 0 unspecified atom stereocenters. The second kappa shape index (κ2) is 10.9. The molecule has 0 saturated heterocycles. The predicted molar refractivity (Wildman–Crippen MR) is 130 cm³/mol. The molecule has 0 aliphatic heterocycles. The summed E-state index contributed by atoms with van der Waals surface area (Å²) in [6.07, 6.45) is 1.15. The zero-order valence-corrected chi connectivity index (χ0v) is 20.9. The summed E-state index contributed by atoms with van der Waals surface area (Å²) < 4.78 is 56.3. The highest BCUT2D eigenvalue weighted by Gasteiger charge is 2.38. The van der Waals surface area contributed by atoms with Crippen LogP contribution >= 0.6 is 0 Å². The van der Waals surface area contributed by atoms with Crippen molar-refractivity contribution >= 4 is 26.3 Å². The van der Waals surface area contributed by atoms with E-state index in [1.165, 1.54) is 16.9 Å². The molecule has 2 aromatic rings. The first-order valence-electron chi connectivity index (χ1n) is 10.9. The van der Waals surface area contributed by atoms with Gasteiger partial charge in [0, 0.05) is 24.5 Å². The number of ether oxygens (including phenoxy) is 1. The molecule has 0 atom stereocenters. The topological polar surface area (TPSA) is 177 Å². The first-order valence-corrected chi connectivity index (χ1v) is 14.0. The van der Waals surface area contributed by atoms with Gasteiger partial charge in [0.05, 0.1) is 12.0 Å². The van der Waals surface area contributed by atoms with E-state index in [0.717, 1.165) is 24.0 Å². The van der Waals surface area contributed by atoms with Crippen molar-refractivity contribution in [2.24, 2.45) is 5.14 Å². The first-order chi connectivity index (χ1) is 16.4. The first kappa shape index (κ1) is 26.9. The van der Waals surface area contributed by atoms with Crippen molar-refractivity contribution in [3.63, 3.8) is 0 Å². The number of hydrogen-bond donors (Lipinski definition) is 5. The summed E-state index contributed by atoms with van der Waals surface area (Å²) in [6, 6.07) is 14.0. The maximum atomic E-state index is 12.1.